The maximum Gasteiger partial charge on any atom is 0.240 e. The Labute approximate surface area is 164 Å². The minimum Gasteiger partial charge on any atom is -0.470 e. The molecule has 0 saturated heterocycles. The van der Waals surface area contributed by atoms with E-state index in [9.17, 15) is 0 Å². The predicted octanol–water partition coefficient (Wildman–Crippen LogP) is 1.86. The van der Waals surface area contributed by atoms with Crippen LogP contribution in [0.15, 0.2) is 47.4 Å². The SMILES string of the molecule is Cc1cc(-c2nnc3cc(-c4ccncc4)c(OCc4cnnn4C)nn23)no1. The number of hydrogen-bond acceptors (Lipinski definition) is 9. The summed E-state index contributed by atoms with van der Waals surface area (Å²) >= 11 is 0. The minimum absolute atomic E-state index is 0.251. The van der Waals surface area contributed by atoms with Gasteiger partial charge in [-0.2, -0.15) is 4.52 Å². The summed E-state index contributed by atoms with van der Waals surface area (Å²) in [5, 5.41) is 24.9. The Hall–Kier alpha value is -4.15. The van der Waals surface area contributed by atoms with Crippen molar-refractivity contribution in [1.29, 1.82) is 0 Å². The second-order valence-corrected chi connectivity index (χ2v) is 6.35. The van der Waals surface area contributed by atoms with E-state index in [0.717, 1.165) is 16.8 Å². The number of aryl methyl sites for hydroxylation is 2. The van der Waals surface area contributed by atoms with E-state index < -0.39 is 0 Å². The standard InChI is InChI=1S/C18H15N9O2/c1-11-7-15(24-29-11)17-22-21-16-8-14(12-3-5-19-6-4-12)18(23-27(16)17)28-10-13-9-20-25-26(13)2/h3-9H,10H2,1-2H3. The third-order valence-corrected chi connectivity index (χ3v) is 4.37. The van der Waals surface area contributed by atoms with Crippen molar-refractivity contribution in [2.24, 2.45) is 7.05 Å². The quantitative estimate of drug-likeness (QED) is 0.443. The van der Waals surface area contributed by atoms with Gasteiger partial charge in [0.2, 0.25) is 11.7 Å². The van der Waals surface area contributed by atoms with Crippen molar-refractivity contribution in [3.05, 3.63) is 54.3 Å². The van der Waals surface area contributed by atoms with Crippen molar-refractivity contribution < 1.29 is 9.26 Å². The van der Waals surface area contributed by atoms with E-state index in [0.29, 0.717) is 28.8 Å². The van der Waals surface area contributed by atoms with Crippen LogP contribution in [0.5, 0.6) is 5.88 Å². The Balaban J connectivity index is 1.63. The molecule has 0 spiro atoms. The van der Waals surface area contributed by atoms with E-state index in [4.69, 9.17) is 9.26 Å². The predicted molar refractivity (Wildman–Crippen MR) is 99.6 cm³/mol. The first kappa shape index (κ1) is 17.0. The molecule has 0 atom stereocenters. The lowest BCUT2D eigenvalue weighted by atomic mass is 10.1. The maximum atomic E-state index is 6.04. The van der Waals surface area contributed by atoms with Gasteiger partial charge in [0.25, 0.3) is 0 Å². The van der Waals surface area contributed by atoms with Crippen LogP contribution < -0.4 is 4.74 Å². The van der Waals surface area contributed by atoms with Crippen LogP contribution in [-0.4, -0.2) is 44.9 Å². The number of hydrogen-bond donors (Lipinski definition) is 0. The Morgan fingerprint density at radius 2 is 2.00 bits per heavy atom. The van der Waals surface area contributed by atoms with Crippen molar-refractivity contribution in [3.8, 4) is 28.5 Å². The molecule has 0 aliphatic rings. The molecule has 144 valence electrons. The summed E-state index contributed by atoms with van der Waals surface area (Å²) in [6, 6.07) is 7.40. The molecule has 0 radical (unpaired) electrons. The molecule has 0 aromatic carbocycles. The van der Waals surface area contributed by atoms with Crippen LogP contribution in [0.1, 0.15) is 11.5 Å². The van der Waals surface area contributed by atoms with Gasteiger partial charge in [-0.3, -0.25) is 4.98 Å². The highest BCUT2D eigenvalue weighted by atomic mass is 16.5. The van der Waals surface area contributed by atoms with Gasteiger partial charge in [-0.1, -0.05) is 10.4 Å². The second kappa shape index (κ2) is 6.78. The summed E-state index contributed by atoms with van der Waals surface area (Å²) in [4.78, 5) is 4.07. The molecule has 0 aliphatic carbocycles. The number of pyridine rings is 1. The van der Waals surface area contributed by atoms with Gasteiger partial charge in [-0.05, 0) is 30.7 Å². The summed E-state index contributed by atoms with van der Waals surface area (Å²) < 4.78 is 14.4. The van der Waals surface area contributed by atoms with Crippen LogP contribution in [0.4, 0.5) is 0 Å². The van der Waals surface area contributed by atoms with Crippen molar-refractivity contribution in [1.82, 2.24) is 44.9 Å². The van der Waals surface area contributed by atoms with E-state index in [2.05, 4.69) is 35.7 Å². The molecule has 0 bridgehead atoms. The molecule has 0 amide bonds. The molecule has 5 aromatic heterocycles. The lowest BCUT2D eigenvalue weighted by molar-refractivity contribution is 0.280. The number of aromatic nitrogens is 9. The van der Waals surface area contributed by atoms with Gasteiger partial charge in [0.15, 0.2) is 11.3 Å². The van der Waals surface area contributed by atoms with Gasteiger partial charge in [0, 0.05) is 31.1 Å². The highest BCUT2D eigenvalue weighted by molar-refractivity contribution is 5.72. The number of nitrogens with zero attached hydrogens (tertiary/aromatic N) is 9. The summed E-state index contributed by atoms with van der Waals surface area (Å²) in [7, 11) is 1.80. The molecule has 0 N–H and O–H groups in total. The summed E-state index contributed by atoms with van der Waals surface area (Å²) in [5.74, 6) is 1.54. The fourth-order valence-corrected chi connectivity index (χ4v) is 2.88. The van der Waals surface area contributed by atoms with Crippen LogP contribution in [0.3, 0.4) is 0 Å². The largest absolute Gasteiger partial charge is 0.470 e. The summed E-state index contributed by atoms with van der Waals surface area (Å²) in [6.07, 6.45) is 5.07. The highest BCUT2D eigenvalue weighted by Gasteiger charge is 2.18. The normalized spacial score (nSPS) is 11.2. The van der Waals surface area contributed by atoms with Crippen LogP contribution >= 0.6 is 0 Å². The van der Waals surface area contributed by atoms with Crippen molar-refractivity contribution in [2.75, 3.05) is 0 Å². The van der Waals surface area contributed by atoms with Crippen LogP contribution in [0.2, 0.25) is 0 Å². The minimum atomic E-state index is 0.251. The van der Waals surface area contributed by atoms with E-state index in [1.165, 1.54) is 0 Å². The summed E-state index contributed by atoms with van der Waals surface area (Å²) in [6.45, 7) is 2.06. The van der Waals surface area contributed by atoms with E-state index in [1.54, 1.807) is 40.9 Å². The molecule has 5 heterocycles. The first-order valence-electron chi connectivity index (χ1n) is 8.76. The fourth-order valence-electron chi connectivity index (χ4n) is 2.88. The maximum absolute atomic E-state index is 6.04. The van der Waals surface area contributed by atoms with Gasteiger partial charge < -0.3 is 9.26 Å². The fraction of sp³-hybridized carbons (Fsp3) is 0.167. The molecule has 0 aliphatic heterocycles. The first-order chi connectivity index (χ1) is 14.2. The molecule has 11 heteroatoms. The summed E-state index contributed by atoms with van der Waals surface area (Å²) in [5.41, 5.74) is 3.58. The van der Waals surface area contributed by atoms with Gasteiger partial charge in [-0.25, -0.2) is 4.68 Å². The van der Waals surface area contributed by atoms with Crippen LogP contribution in [0.25, 0.3) is 28.3 Å². The zero-order valence-corrected chi connectivity index (χ0v) is 15.6. The highest BCUT2D eigenvalue weighted by Crippen LogP contribution is 2.30. The third kappa shape index (κ3) is 3.08. The topological polar surface area (TPSA) is 122 Å². The van der Waals surface area contributed by atoms with Gasteiger partial charge in [0.05, 0.1) is 11.9 Å². The Morgan fingerprint density at radius 1 is 1.14 bits per heavy atom. The number of rotatable bonds is 5. The zero-order chi connectivity index (χ0) is 19.8. The van der Waals surface area contributed by atoms with Gasteiger partial charge >= 0.3 is 0 Å². The number of fused-ring (bicyclic) bond motifs is 1. The third-order valence-electron chi connectivity index (χ3n) is 4.37. The first-order valence-corrected chi connectivity index (χ1v) is 8.76. The van der Waals surface area contributed by atoms with E-state index >= 15 is 0 Å². The average molecular weight is 389 g/mol. The lowest BCUT2D eigenvalue weighted by Crippen LogP contribution is -2.07. The van der Waals surface area contributed by atoms with E-state index in [-0.39, 0.29) is 6.61 Å². The van der Waals surface area contributed by atoms with Crippen LogP contribution in [-0.2, 0) is 13.7 Å². The molecule has 0 fully saturated rings. The van der Waals surface area contributed by atoms with Crippen molar-refractivity contribution >= 4 is 5.65 Å². The van der Waals surface area contributed by atoms with Crippen molar-refractivity contribution in [2.45, 2.75) is 13.5 Å². The van der Waals surface area contributed by atoms with Crippen molar-refractivity contribution in [3.63, 3.8) is 0 Å². The molecule has 5 rings (SSSR count). The van der Waals surface area contributed by atoms with Gasteiger partial charge in [-0.15, -0.1) is 20.4 Å². The molecular formula is C18H15N9O2. The Kier molecular flexibility index (Phi) is 3.97. The second-order valence-electron chi connectivity index (χ2n) is 6.35. The molecule has 0 saturated carbocycles. The smallest absolute Gasteiger partial charge is 0.240 e. The molecular weight excluding hydrogens is 374 g/mol. The van der Waals surface area contributed by atoms with Crippen LogP contribution in [0, 0.1) is 6.92 Å². The average Bonchev–Trinajstić information content (AvgIpc) is 3.46. The molecule has 0 unspecified atom stereocenters. The monoisotopic (exact) mass is 389 g/mol. The number of ether oxygens (including phenoxy) is 1. The molecule has 11 nitrogen and oxygen atoms in total. The molecule has 29 heavy (non-hydrogen) atoms. The zero-order valence-electron chi connectivity index (χ0n) is 15.6. The Bertz CT molecular complexity index is 1290. The van der Waals surface area contributed by atoms with Gasteiger partial charge in [0.1, 0.15) is 12.4 Å². The lowest BCUT2D eigenvalue weighted by Gasteiger charge is -2.11. The molecule has 5 aromatic rings. The van der Waals surface area contributed by atoms with E-state index in [1.807, 2.05) is 25.1 Å². The Morgan fingerprint density at radius 3 is 2.72 bits per heavy atom.